The van der Waals surface area contributed by atoms with Crippen molar-refractivity contribution in [3.8, 4) is 11.5 Å². The summed E-state index contributed by atoms with van der Waals surface area (Å²) in [6.07, 6.45) is 0. The van der Waals surface area contributed by atoms with Gasteiger partial charge in [-0.1, -0.05) is 36.4 Å². The van der Waals surface area contributed by atoms with E-state index in [1.807, 2.05) is 43.3 Å². The Hall–Kier alpha value is -1.96. The average molecular weight is 469 g/mol. The van der Waals surface area contributed by atoms with Crippen molar-refractivity contribution in [3.63, 3.8) is 0 Å². The Morgan fingerprint density at radius 3 is 2.46 bits per heavy atom. The summed E-state index contributed by atoms with van der Waals surface area (Å²) in [5.41, 5.74) is 2.31. The number of benzene rings is 2. The van der Waals surface area contributed by atoms with Gasteiger partial charge in [-0.05, 0) is 37.1 Å². The van der Waals surface area contributed by atoms with E-state index in [4.69, 9.17) is 9.47 Å². The Balaban J connectivity index is 0.00000338. The second-order valence-electron chi connectivity index (χ2n) is 5.62. The lowest BCUT2D eigenvalue weighted by molar-refractivity contribution is 0.310. The number of aliphatic imine (C=N–C) groups is 1. The fourth-order valence-electron chi connectivity index (χ4n) is 2.51. The molecule has 5 nitrogen and oxygen atoms in total. The van der Waals surface area contributed by atoms with Gasteiger partial charge in [0, 0.05) is 13.6 Å². The summed E-state index contributed by atoms with van der Waals surface area (Å²) in [5.74, 6) is 2.25. The molecular formula is C20H28IN3O2. The minimum absolute atomic E-state index is 0. The zero-order valence-electron chi connectivity index (χ0n) is 15.8. The fraction of sp³-hybridized carbons (Fsp3) is 0.350. The smallest absolute Gasteiger partial charge is 0.191 e. The Kier molecular flexibility index (Phi) is 9.87. The summed E-state index contributed by atoms with van der Waals surface area (Å²) in [5, 5.41) is 6.73. The van der Waals surface area contributed by atoms with Crippen molar-refractivity contribution in [2.24, 2.45) is 4.99 Å². The first-order chi connectivity index (χ1) is 12.2. The number of hydrogen-bond acceptors (Lipinski definition) is 3. The minimum Gasteiger partial charge on any atom is -0.493 e. The third-order valence-corrected chi connectivity index (χ3v) is 3.86. The van der Waals surface area contributed by atoms with Crippen LogP contribution >= 0.6 is 24.0 Å². The molecule has 2 N–H and O–H groups in total. The molecule has 0 aliphatic heterocycles. The molecule has 2 rings (SSSR count). The van der Waals surface area contributed by atoms with E-state index in [1.54, 1.807) is 14.2 Å². The van der Waals surface area contributed by atoms with Gasteiger partial charge in [0.05, 0.1) is 19.8 Å². The molecule has 26 heavy (non-hydrogen) atoms. The first kappa shape index (κ1) is 22.1. The van der Waals surface area contributed by atoms with Crippen molar-refractivity contribution in [2.75, 3.05) is 20.8 Å². The Labute approximate surface area is 173 Å². The lowest BCUT2D eigenvalue weighted by atomic mass is 10.1. The molecule has 0 amide bonds. The molecule has 6 heteroatoms. The topological polar surface area (TPSA) is 54.9 Å². The highest BCUT2D eigenvalue weighted by Crippen LogP contribution is 2.27. The van der Waals surface area contributed by atoms with Crippen LogP contribution in [-0.2, 0) is 6.54 Å². The van der Waals surface area contributed by atoms with Gasteiger partial charge < -0.3 is 20.1 Å². The van der Waals surface area contributed by atoms with Crippen LogP contribution in [0.1, 0.15) is 31.0 Å². The van der Waals surface area contributed by atoms with E-state index in [-0.39, 0.29) is 30.0 Å². The van der Waals surface area contributed by atoms with Gasteiger partial charge in [-0.2, -0.15) is 0 Å². The van der Waals surface area contributed by atoms with Crippen molar-refractivity contribution in [1.82, 2.24) is 10.6 Å². The number of hydrogen-bond donors (Lipinski definition) is 2. The van der Waals surface area contributed by atoms with Crippen LogP contribution in [0.3, 0.4) is 0 Å². The molecule has 2 aromatic rings. The Morgan fingerprint density at radius 2 is 1.85 bits per heavy atom. The Bertz CT molecular complexity index is 693. The second-order valence-corrected chi connectivity index (χ2v) is 5.62. The molecule has 142 valence electrons. The van der Waals surface area contributed by atoms with E-state index < -0.39 is 0 Å². The van der Waals surface area contributed by atoms with Crippen LogP contribution in [-0.4, -0.2) is 26.7 Å². The quantitative estimate of drug-likeness (QED) is 0.364. The normalized spacial score (nSPS) is 11.9. The largest absolute Gasteiger partial charge is 0.493 e. The van der Waals surface area contributed by atoms with Crippen molar-refractivity contribution >= 4 is 29.9 Å². The van der Waals surface area contributed by atoms with Gasteiger partial charge in [-0.3, -0.25) is 4.99 Å². The monoisotopic (exact) mass is 469 g/mol. The van der Waals surface area contributed by atoms with Crippen LogP contribution in [0.5, 0.6) is 11.5 Å². The highest BCUT2D eigenvalue weighted by Gasteiger charge is 2.09. The average Bonchev–Trinajstić information content (AvgIpc) is 2.66. The van der Waals surface area contributed by atoms with Crippen molar-refractivity contribution in [3.05, 3.63) is 59.7 Å². The molecule has 0 bridgehead atoms. The number of methoxy groups -OCH3 is 1. The molecule has 2 aromatic carbocycles. The van der Waals surface area contributed by atoms with Crippen LogP contribution in [0.2, 0.25) is 0 Å². The number of guanidine groups is 1. The fourth-order valence-corrected chi connectivity index (χ4v) is 2.51. The van der Waals surface area contributed by atoms with E-state index in [9.17, 15) is 0 Å². The maximum absolute atomic E-state index is 5.63. The van der Waals surface area contributed by atoms with Gasteiger partial charge in [-0.15, -0.1) is 24.0 Å². The minimum atomic E-state index is 0. The van der Waals surface area contributed by atoms with Crippen molar-refractivity contribution in [1.29, 1.82) is 0 Å². The number of ether oxygens (including phenoxy) is 2. The SMILES string of the molecule is CCOc1cc(CNC(=NC)NC(C)c2ccccc2)ccc1OC.I. The summed E-state index contributed by atoms with van der Waals surface area (Å²) >= 11 is 0. The highest BCUT2D eigenvalue weighted by atomic mass is 127. The zero-order chi connectivity index (χ0) is 18.1. The van der Waals surface area contributed by atoms with Gasteiger partial charge in [-0.25, -0.2) is 0 Å². The summed E-state index contributed by atoms with van der Waals surface area (Å²) in [7, 11) is 3.42. The van der Waals surface area contributed by atoms with Crippen LogP contribution in [0.25, 0.3) is 0 Å². The van der Waals surface area contributed by atoms with E-state index >= 15 is 0 Å². The molecule has 0 aromatic heterocycles. The van der Waals surface area contributed by atoms with E-state index in [1.165, 1.54) is 5.56 Å². The van der Waals surface area contributed by atoms with Crippen LogP contribution in [0.15, 0.2) is 53.5 Å². The lowest BCUT2D eigenvalue weighted by Crippen LogP contribution is -2.38. The van der Waals surface area contributed by atoms with Crippen LogP contribution in [0, 0.1) is 0 Å². The summed E-state index contributed by atoms with van der Waals surface area (Å²) in [6.45, 7) is 5.32. The summed E-state index contributed by atoms with van der Waals surface area (Å²) < 4.78 is 10.9. The molecule has 0 saturated heterocycles. The molecule has 0 fully saturated rings. The third kappa shape index (κ3) is 6.40. The molecule has 0 saturated carbocycles. The first-order valence-corrected chi connectivity index (χ1v) is 8.49. The van der Waals surface area contributed by atoms with Gasteiger partial charge in [0.25, 0.3) is 0 Å². The number of rotatable bonds is 7. The van der Waals surface area contributed by atoms with Gasteiger partial charge in [0.1, 0.15) is 0 Å². The number of halogens is 1. The molecule has 0 aliphatic carbocycles. The van der Waals surface area contributed by atoms with Crippen LogP contribution < -0.4 is 20.1 Å². The molecule has 0 heterocycles. The molecule has 1 unspecified atom stereocenters. The molecule has 0 radical (unpaired) electrons. The molecule has 0 aliphatic rings. The standard InChI is InChI=1S/C20H27N3O2.HI/c1-5-25-19-13-16(11-12-18(19)24-4)14-22-20(21-3)23-15(2)17-9-7-6-8-10-17;/h6-13,15H,5,14H2,1-4H3,(H2,21,22,23);1H. The summed E-state index contributed by atoms with van der Waals surface area (Å²) in [4.78, 5) is 4.30. The predicted octanol–water partition coefficient (Wildman–Crippen LogP) is 4.14. The maximum atomic E-state index is 5.63. The summed E-state index contributed by atoms with van der Waals surface area (Å²) in [6, 6.07) is 16.4. The molecular weight excluding hydrogens is 441 g/mol. The molecule has 1 atom stereocenters. The van der Waals surface area contributed by atoms with E-state index in [2.05, 4.69) is 34.7 Å². The maximum Gasteiger partial charge on any atom is 0.191 e. The van der Waals surface area contributed by atoms with Crippen molar-refractivity contribution < 1.29 is 9.47 Å². The Morgan fingerprint density at radius 1 is 1.12 bits per heavy atom. The third-order valence-electron chi connectivity index (χ3n) is 3.86. The van der Waals surface area contributed by atoms with Gasteiger partial charge in [0.2, 0.25) is 0 Å². The number of nitrogens with zero attached hydrogens (tertiary/aromatic N) is 1. The number of nitrogens with one attached hydrogen (secondary N) is 2. The predicted molar refractivity (Wildman–Crippen MR) is 118 cm³/mol. The van der Waals surface area contributed by atoms with Gasteiger partial charge in [0.15, 0.2) is 17.5 Å². The van der Waals surface area contributed by atoms with E-state index in [0.717, 1.165) is 23.0 Å². The highest BCUT2D eigenvalue weighted by molar-refractivity contribution is 14.0. The van der Waals surface area contributed by atoms with Crippen LogP contribution in [0.4, 0.5) is 0 Å². The lowest BCUT2D eigenvalue weighted by Gasteiger charge is -2.18. The molecule has 0 spiro atoms. The van der Waals surface area contributed by atoms with E-state index in [0.29, 0.717) is 13.2 Å². The van der Waals surface area contributed by atoms with Crippen molar-refractivity contribution in [2.45, 2.75) is 26.4 Å². The second kappa shape index (κ2) is 11.6. The zero-order valence-corrected chi connectivity index (χ0v) is 18.1. The first-order valence-electron chi connectivity index (χ1n) is 8.49. The van der Waals surface area contributed by atoms with Gasteiger partial charge >= 0.3 is 0 Å².